The molecule has 2 aromatic rings. The van der Waals surface area contributed by atoms with Gasteiger partial charge in [-0.25, -0.2) is 9.97 Å². The Morgan fingerprint density at radius 3 is 2.71 bits per heavy atom. The van der Waals surface area contributed by atoms with Crippen molar-refractivity contribution >= 4 is 34.8 Å². The molecule has 3 rings (SSSR count). The summed E-state index contributed by atoms with van der Waals surface area (Å²) in [6, 6.07) is 5.39. The van der Waals surface area contributed by atoms with E-state index in [4.69, 9.17) is 4.74 Å². The summed E-state index contributed by atoms with van der Waals surface area (Å²) in [7, 11) is 0. The zero-order valence-electron chi connectivity index (χ0n) is 13.0. The summed E-state index contributed by atoms with van der Waals surface area (Å²) in [6.07, 6.45) is 3.65. The minimum atomic E-state index is 0.0301. The molecule has 1 fully saturated rings. The van der Waals surface area contributed by atoms with Crippen LogP contribution in [0.3, 0.4) is 0 Å². The molecule has 1 aliphatic rings. The van der Waals surface area contributed by atoms with Crippen LogP contribution in [0.4, 0.5) is 0 Å². The maximum atomic E-state index is 12.2. The fourth-order valence-corrected chi connectivity index (χ4v) is 3.97. The van der Waals surface area contributed by atoms with Crippen LogP contribution in [0.15, 0.2) is 35.7 Å². The lowest BCUT2D eigenvalue weighted by Gasteiger charge is -2.26. The molecule has 0 aromatic carbocycles. The monoisotopic (exact) mass is 363 g/mol. The Labute approximate surface area is 148 Å². The molecule has 0 radical (unpaired) electrons. The van der Waals surface area contributed by atoms with Gasteiger partial charge in [0, 0.05) is 30.4 Å². The van der Waals surface area contributed by atoms with Gasteiger partial charge in [0.2, 0.25) is 5.91 Å². The molecule has 1 amide bonds. The van der Waals surface area contributed by atoms with Crippen LogP contribution in [0.25, 0.3) is 0 Å². The van der Waals surface area contributed by atoms with Crippen molar-refractivity contribution in [3.63, 3.8) is 0 Å². The summed E-state index contributed by atoms with van der Waals surface area (Å²) in [4.78, 5) is 36.0. The number of ketones is 1. The highest BCUT2D eigenvalue weighted by molar-refractivity contribution is 7.99. The summed E-state index contributed by atoms with van der Waals surface area (Å²) < 4.78 is 5.25. The molecule has 0 spiro atoms. The predicted molar refractivity (Wildman–Crippen MR) is 92.5 cm³/mol. The van der Waals surface area contributed by atoms with Gasteiger partial charge in [0.05, 0.1) is 30.3 Å². The second kappa shape index (κ2) is 8.36. The van der Waals surface area contributed by atoms with Crippen molar-refractivity contribution in [1.29, 1.82) is 0 Å². The first-order chi connectivity index (χ1) is 11.7. The van der Waals surface area contributed by atoms with Gasteiger partial charge in [0.15, 0.2) is 10.9 Å². The third-order valence-corrected chi connectivity index (χ3v) is 5.50. The van der Waals surface area contributed by atoms with Crippen molar-refractivity contribution in [2.75, 3.05) is 32.1 Å². The van der Waals surface area contributed by atoms with E-state index < -0.39 is 0 Å². The number of nitrogens with zero attached hydrogens (tertiary/aromatic N) is 3. The number of amides is 1. The van der Waals surface area contributed by atoms with Gasteiger partial charge in [-0.05, 0) is 18.2 Å². The van der Waals surface area contributed by atoms with Crippen molar-refractivity contribution in [3.05, 3.63) is 40.3 Å². The zero-order chi connectivity index (χ0) is 16.8. The Hall–Kier alpha value is -1.77. The smallest absolute Gasteiger partial charge is 0.227 e. The molecule has 0 aliphatic carbocycles. The zero-order valence-corrected chi connectivity index (χ0v) is 14.6. The lowest BCUT2D eigenvalue weighted by atomic mass is 10.3. The Bertz CT molecular complexity index is 700. The normalized spacial score (nSPS) is 14.6. The highest BCUT2D eigenvalue weighted by Crippen LogP contribution is 2.21. The van der Waals surface area contributed by atoms with Crippen molar-refractivity contribution in [1.82, 2.24) is 14.9 Å². The fourth-order valence-electron chi connectivity index (χ4n) is 2.26. The first-order valence-electron chi connectivity index (χ1n) is 7.59. The number of rotatable bonds is 6. The van der Waals surface area contributed by atoms with E-state index >= 15 is 0 Å². The molecule has 126 valence electrons. The summed E-state index contributed by atoms with van der Waals surface area (Å²) in [5.41, 5.74) is 0. The van der Waals surface area contributed by atoms with Gasteiger partial charge in [0.25, 0.3) is 0 Å². The number of carbonyl (C=O) groups is 2. The minimum Gasteiger partial charge on any atom is -0.378 e. The lowest BCUT2D eigenvalue weighted by molar-refractivity contribution is -0.134. The van der Waals surface area contributed by atoms with Gasteiger partial charge in [-0.15, -0.1) is 11.3 Å². The molecule has 1 saturated heterocycles. The number of thioether (sulfide) groups is 1. The van der Waals surface area contributed by atoms with Gasteiger partial charge >= 0.3 is 0 Å². The maximum absolute atomic E-state index is 12.2. The molecule has 0 atom stereocenters. The Kier molecular flexibility index (Phi) is 5.95. The van der Waals surface area contributed by atoms with Gasteiger partial charge < -0.3 is 9.64 Å². The van der Waals surface area contributed by atoms with E-state index in [9.17, 15) is 9.59 Å². The number of ether oxygens (including phenoxy) is 1. The van der Waals surface area contributed by atoms with E-state index in [0.717, 1.165) is 4.88 Å². The SMILES string of the molecule is O=C(CSc1ncccn1)c1ccc(CC(=O)N2CCOCC2)s1. The van der Waals surface area contributed by atoms with E-state index in [2.05, 4.69) is 9.97 Å². The summed E-state index contributed by atoms with van der Waals surface area (Å²) >= 11 is 2.70. The van der Waals surface area contributed by atoms with E-state index in [1.165, 1.54) is 23.1 Å². The van der Waals surface area contributed by atoms with Crippen molar-refractivity contribution in [2.24, 2.45) is 0 Å². The summed E-state index contributed by atoms with van der Waals surface area (Å²) in [6.45, 7) is 2.48. The fraction of sp³-hybridized carbons (Fsp3) is 0.375. The van der Waals surface area contributed by atoms with E-state index in [1.807, 2.05) is 11.0 Å². The van der Waals surface area contributed by atoms with Crippen molar-refractivity contribution in [2.45, 2.75) is 11.6 Å². The summed E-state index contributed by atoms with van der Waals surface area (Å²) in [5, 5.41) is 0.588. The molecule has 0 saturated carbocycles. The molecular weight excluding hydrogens is 346 g/mol. The number of morpholine rings is 1. The minimum absolute atomic E-state index is 0.0301. The molecule has 2 aromatic heterocycles. The average Bonchev–Trinajstić information content (AvgIpc) is 3.10. The molecule has 3 heterocycles. The number of hydrogen-bond acceptors (Lipinski definition) is 7. The lowest BCUT2D eigenvalue weighted by Crippen LogP contribution is -2.41. The Balaban J connectivity index is 1.52. The topological polar surface area (TPSA) is 72.4 Å². The van der Waals surface area contributed by atoms with Crippen LogP contribution in [0.2, 0.25) is 0 Å². The standard InChI is InChI=1S/C16H17N3O3S2/c20-13(11-23-16-17-4-1-5-18-16)14-3-2-12(24-14)10-15(21)19-6-8-22-9-7-19/h1-5H,6-11H2. The second-order valence-electron chi connectivity index (χ2n) is 5.18. The first kappa shape index (κ1) is 17.1. The molecule has 24 heavy (non-hydrogen) atoms. The highest BCUT2D eigenvalue weighted by atomic mass is 32.2. The number of Topliss-reactive ketones (excluding diaryl/α,β-unsaturated/α-hetero) is 1. The molecule has 6 nitrogen and oxygen atoms in total. The van der Waals surface area contributed by atoms with E-state index in [-0.39, 0.29) is 11.7 Å². The van der Waals surface area contributed by atoms with Crippen LogP contribution >= 0.6 is 23.1 Å². The number of thiophene rings is 1. The molecule has 0 N–H and O–H groups in total. The summed E-state index contributed by atoms with van der Waals surface area (Å²) in [5.74, 6) is 0.412. The highest BCUT2D eigenvalue weighted by Gasteiger charge is 2.18. The van der Waals surface area contributed by atoms with Gasteiger partial charge in [-0.2, -0.15) is 0 Å². The third kappa shape index (κ3) is 4.62. The molecule has 0 unspecified atom stereocenters. The van der Waals surface area contributed by atoms with Crippen molar-refractivity contribution < 1.29 is 14.3 Å². The van der Waals surface area contributed by atoms with Gasteiger partial charge in [0.1, 0.15) is 0 Å². The quantitative estimate of drug-likeness (QED) is 0.443. The largest absolute Gasteiger partial charge is 0.378 e. The molecule has 8 heteroatoms. The number of carbonyl (C=O) groups excluding carboxylic acids is 2. The van der Waals surface area contributed by atoms with E-state index in [0.29, 0.717) is 48.5 Å². The van der Waals surface area contributed by atoms with Crippen LogP contribution < -0.4 is 0 Å². The molecular formula is C16H17N3O3S2. The van der Waals surface area contributed by atoms with Gasteiger partial charge in [-0.3, -0.25) is 9.59 Å². The molecule has 1 aliphatic heterocycles. The third-order valence-electron chi connectivity index (χ3n) is 3.50. The maximum Gasteiger partial charge on any atom is 0.227 e. The van der Waals surface area contributed by atoms with Crippen molar-refractivity contribution in [3.8, 4) is 0 Å². The van der Waals surface area contributed by atoms with Crippen LogP contribution in [0.1, 0.15) is 14.5 Å². The Morgan fingerprint density at radius 1 is 1.21 bits per heavy atom. The van der Waals surface area contributed by atoms with Gasteiger partial charge in [-0.1, -0.05) is 11.8 Å². The van der Waals surface area contributed by atoms with Crippen LogP contribution in [0.5, 0.6) is 0 Å². The van der Waals surface area contributed by atoms with Crippen LogP contribution in [-0.2, 0) is 16.0 Å². The molecule has 0 bridgehead atoms. The number of aromatic nitrogens is 2. The first-order valence-corrected chi connectivity index (χ1v) is 9.40. The van der Waals surface area contributed by atoms with E-state index in [1.54, 1.807) is 24.5 Å². The Morgan fingerprint density at radius 2 is 1.96 bits per heavy atom. The average molecular weight is 363 g/mol. The van der Waals surface area contributed by atoms with Crippen LogP contribution in [0, 0.1) is 0 Å². The number of hydrogen-bond donors (Lipinski definition) is 0. The predicted octanol–water partition coefficient (Wildman–Crippen LogP) is 1.91. The second-order valence-corrected chi connectivity index (χ2v) is 7.29. The van der Waals surface area contributed by atoms with Crippen LogP contribution in [-0.4, -0.2) is 58.6 Å².